The van der Waals surface area contributed by atoms with Crippen LogP contribution in [0.2, 0.25) is 0 Å². The first-order valence-electron chi connectivity index (χ1n) is 5.10. The summed E-state index contributed by atoms with van der Waals surface area (Å²) in [4.78, 5) is 6.60. The lowest BCUT2D eigenvalue weighted by atomic mass is 10.2. The average molecular weight is 192 g/mol. The molecule has 0 saturated carbocycles. The van der Waals surface area contributed by atoms with Crippen molar-refractivity contribution in [2.24, 2.45) is 0 Å². The number of rotatable bonds is 2. The van der Waals surface area contributed by atoms with Gasteiger partial charge in [-0.2, -0.15) is 0 Å². The number of hydrogen-bond donors (Lipinski definition) is 1. The minimum Gasteiger partial charge on any atom is -0.392 e. The minimum absolute atomic E-state index is 0.152. The van der Waals surface area contributed by atoms with Crippen LogP contribution in [-0.2, 0) is 0 Å². The summed E-state index contributed by atoms with van der Waals surface area (Å²) in [7, 11) is 0. The van der Waals surface area contributed by atoms with E-state index in [0.29, 0.717) is 6.04 Å². The van der Waals surface area contributed by atoms with Crippen LogP contribution in [0.15, 0.2) is 24.4 Å². The molecule has 2 rings (SSSR count). The van der Waals surface area contributed by atoms with Gasteiger partial charge in [0.1, 0.15) is 0 Å². The summed E-state index contributed by atoms with van der Waals surface area (Å²) in [5, 5.41) is 9.43. The van der Waals surface area contributed by atoms with Crippen LogP contribution in [0.5, 0.6) is 0 Å². The highest BCUT2D eigenvalue weighted by Crippen LogP contribution is 2.22. The van der Waals surface area contributed by atoms with Crippen LogP contribution in [-0.4, -0.2) is 34.2 Å². The Kier molecular flexibility index (Phi) is 2.79. The van der Waals surface area contributed by atoms with Crippen molar-refractivity contribution < 1.29 is 5.11 Å². The van der Waals surface area contributed by atoms with Crippen molar-refractivity contribution in [3.63, 3.8) is 0 Å². The van der Waals surface area contributed by atoms with Crippen LogP contribution < -0.4 is 0 Å². The zero-order valence-corrected chi connectivity index (χ0v) is 8.43. The predicted octanol–water partition coefficient (Wildman–Crippen LogP) is 1.21. The summed E-state index contributed by atoms with van der Waals surface area (Å²) < 4.78 is 0. The molecule has 3 heteroatoms. The summed E-state index contributed by atoms with van der Waals surface area (Å²) in [5.41, 5.74) is 1.08. The number of aliphatic hydroxyl groups is 1. The standard InChI is InChI=1S/C11H16N2O/c1-9(11-4-2-3-6-12-11)13-7-5-10(14)8-13/h2-4,6,9-10,14H,5,7-8H2,1H3. The quantitative estimate of drug-likeness (QED) is 0.765. The van der Waals surface area contributed by atoms with Gasteiger partial charge < -0.3 is 5.11 Å². The Morgan fingerprint density at radius 2 is 2.43 bits per heavy atom. The van der Waals surface area contributed by atoms with Crippen molar-refractivity contribution in [3.8, 4) is 0 Å². The lowest BCUT2D eigenvalue weighted by molar-refractivity contribution is 0.162. The Hall–Kier alpha value is -0.930. The van der Waals surface area contributed by atoms with Crippen molar-refractivity contribution in [2.45, 2.75) is 25.5 Å². The summed E-state index contributed by atoms with van der Waals surface area (Å²) >= 11 is 0. The Morgan fingerprint density at radius 3 is 3.00 bits per heavy atom. The number of β-amino-alcohol motifs (C(OH)–C–C–N with tert-alkyl or cyclic N) is 1. The minimum atomic E-state index is -0.152. The van der Waals surface area contributed by atoms with Gasteiger partial charge in [0.2, 0.25) is 0 Å². The van der Waals surface area contributed by atoms with E-state index in [1.54, 1.807) is 0 Å². The SMILES string of the molecule is CC(c1ccccn1)N1CCC(O)C1. The van der Waals surface area contributed by atoms with Crippen molar-refractivity contribution in [1.82, 2.24) is 9.88 Å². The third-order valence-electron chi connectivity index (χ3n) is 2.86. The second kappa shape index (κ2) is 4.07. The fraction of sp³-hybridized carbons (Fsp3) is 0.545. The predicted molar refractivity (Wildman–Crippen MR) is 54.8 cm³/mol. The topological polar surface area (TPSA) is 36.4 Å². The van der Waals surface area contributed by atoms with Gasteiger partial charge in [0.25, 0.3) is 0 Å². The average Bonchev–Trinajstić information content (AvgIpc) is 2.65. The van der Waals surface area contributed by atoms with Gasteiger partial charge in [-0.3, -0.25) is 9.88 Å². The first-order valence-corrected chi connectivity index (χ1v) is 5.10. The molecule has 1 saturated heterocycles. The number of aliphatic hydroxyl groups excluding tert-OH is 1. The van der Waals surface area contributed by atoms with Crippen molar-refractivity contribution in [1.29, 1.82) is 0 Å². The fourth-order valence-corrected chi connectivity index (χ4v) is 1.93. The molecular formula is C11H16N2O. The highest BCUT2D eigenvalue weighted by Gasteiger charge is 2.25. The van der Waals surface area contributed by atoms with E-state index < -0.39 is 0 Å². The third-order valence-corrected chi connectivity index (χ3v) is 2.86. The molecule has 0 radical (unpaired) electrons. The van der Waals surface area contributed by atoms with Gasteiger partial charge >= 0.3 is 0 Å². The molecule has 2 atom stereocenters. The molecule has 14 heavy (non-hydrogen) atoms. The molecule has 0 amide bonds. The highest BCUT2D eigenvalue weighted by atomic mass is 16.3. The smallest absolute Gasteiger partial charge is 0.0679 e. The molecular weight excluding hydrogens is 176 g/mol. The summed E-state index contributed by atoms with van der Waals surface area (Å²) in [5.74, 6) is 0. The van der Waals surface area contributed by atoms with E-state index in [-0.39, 0.29) is 6.10 Å². The lowest BCUT2D eigenvalue weighted by Crippen LogP contribution is -2.26. The van der Waals surface area contributed by atoms with Gasteiger partial charge in [0.05, 0.1) is 11.8 Å². The maximum atomic E-state index is 9.43. The third kappa shape index (κ3) is 1.94. The van der Waals surface area contributed by atoms with Crippen LogP contribution in [0.3, 0.4) is 0 Å². The van der Waals surface area contributed by atoms with Crippen LogP contribution in [0.1, 0.15) is 25.1 Å². The number of aromatic nitrogens is 1. The monoisotopic (exact) mass is 192 g/mol. The summed E-state index contributed by atoms with van der Waals surface area (Å²) in [6.07, 6.45) is 2.55. The Bertz CT molecular complexity index is 289. The van der Waals surface area contributed by atoms with Crippen molar-refractivity contribution in [3.05, 3.63) is 30.1 Å². The first-order chi connectivity index (χ1) is 6.77. The summed E-state index contributed by atoms with van der Waals surface area (Å²) in [6, 6.07) is 6.28. The molecule has 2 unspecified atom stereocenters. The Labute approximate surface area is 84.4 Å². The highest BCUT2D eigenvalue weighted by molar-refractivity contribution is 5.08. The van der Waals surface area contributed by atoms with Gasteiger partial charge in [-0.05, 0) is 25.5 Å². The largest absolute Gasteiger partial charge is 0.392 e. The Morgan fingerprint density at radius 1 is 1.57 bits per heavy atom. The maximum Gasteiger partial charge on any atom is 0.0679 e. The lowest BCUT2D eigenvalue weighted by Gasteiger charge is -2.22. The summed E-state index contributed by atoms with van der Waals surface area (Å²) in [6.45, 7) is 3.89. The van der Waals surface area contributed by atoms with E-state index in [2.05, 4.69) is 16.8 Å². The molecule has 2 heterocycles. The second-order valence-corrected chi connectivity index (χ2v) is 3.87. The maximum absolute atomic E-state index is 9.43. The van der Waals surface area contributed by atoms with Crippen LogP contribution in [0.4, 0.5) is 0 Å². The zero-order chi connectivity index (χ0) is 9.97. The van der Waals surface area contributed by atoms with Gasteiger partial charge in [0, 0.05) is 25.3 Å². The van der Waals surface area contributed by atoms with E-state index in [9.17, 15) is 5.11 Å². The van der Waals surface area contributed by atoms with Gasteiger partial charge in [0.15, 0.2) is 0 Å². The Balaban J connectivity index is 2.05. The molecule has 0 spiro atoms. The molecule has 76 valence electrons. The van der Waals surface area contributed by atoms with Crippen LogP contribution in [0, 0.1) is 0 Å². The molecule has 0 bridgehead atoms. The molecule has 1 N–H and O–H groups in total. The molecule has 1 aliphatic heterocycles. The van der Waals surface area contributed by atoms with Crippen LogP contribution in [0.25, 0.3) is 0 Å². The zero-order valence-electron chi connectivity index (χ0n) is 8.43. The van der Waals surface area contributed by atoms with Gasteiger partial charge in [-0.15, -0.1) is 0 Å². The second-order valence-electron chi connectivity index (χ2n) is 3.87. The van der Waals surface area contributed by atoms with Crippen molar-refractivity contribution >= 4 is 0 Å². The van der Waals surface area contributed by atoms with E-state index in [1.165, 1.54) is 0 Å². The molecule has 1 aliphatic rings. The number of pyridine rings is 1. The molecule has 1 aromatic rings. The van der Waals surface area contributed by atoms with Gasteiger partial charge in [-0.25, -0.2) is 0 Å². The first kappa shape index (κ1) is 9.62. The van der Waals surface area contributed by atoms with Gasteiger partial charge in [-0.1, -0.05) is 6.07 Å². The molecule has 0 aliphatic carbocycles. The van der Waals surface area contributed by atoms with E-state index in [1.807, 2.05) is 24.4 Å². The molecule has 1 aromatic heterocycles. The number of hydrogen-bond acceptors (Lipinski definition) is 3. The van der Waals surface area contributed by atoms with E-state index >= 15 is 0 Å². The van der Waals surface area contributed by atoms with Crippen LogP contribution >= 0.6 is 0 Å². The molecule has 0 aromatic carbocycles. The molecule has 3 nitrogen and oxygen atoms in total. The normalized spacial score (nSPS) is 25.1. The van der Waals surface area contributed by atoms with E-state index in [4.69, 9.17) is 0 Å². The van der Waals surface area contributed by atoms with E-state index in [0.717, 1.165) is 25.2 Å². The van der Waals surface area contributed by atoms with Crippen molar-refractivity contribution in [2.75, 3.05) is 13.1 Å². The number of likely N-dealkylation sites (tertiary alicyclic amines) is 1. The number of nitrogens with zero attached hydrogens (tertiary/aromatic N) is 2. The fourth-order valence-electron chi connectivity index (χ4n) is 1.93. The molecule has 1 fully saturated rings.